The first-order valence-corrected chi connectivity index (χ1v) is 5.27. The van der Waals surface area contributed by atoms with Crippen molar-refractivity contribution in [3.05, 3.63) is 25.3 Å². The Hall–Kier alpha value is -1.70. The molecule has 7 nitrogen and oxygen atoms in total. The molecule has 0 unspecified atom stereocenters. The summed E-state index contributed by atoms with van der Waals surface area (Å²) in [4.78, 5) is 20.5. The molecule has 0 saturated heterocycles. The quantitative estimate of drug-likeness (QED) is 0.405. The van der Waals surface area contributed by atoms with Crippen molar-refractivity contribution in [2.45, 2.75) is 0 Å². The van der Waals surface area contributed by atoms with Gasteiger partial charge in [0.25, 0.3) is 0 Å². The molecule has 0 aromatic carbocycles. The molecule has 0 atom stereocenters. The maximum absolute atomic E-state index is 10.6. The summed E-state index contributed by atoms with van der Waals surface area (Å²) in [5, 5.41) is 26.5. The first-order valence-electron chi connectivity index (χ1n) is 5.27. The van der Waals surface area contributed by atoms with Crippen molar-refractivity contribution in [3.8, 4) is 0 Å². The standard InChI is InChI=1S/C8H14O5.C4H6O2/c1-2-7(12)13-6-8(3-9,4-10)5-11;1-3-4(5)6-2/h2,9-11H,1,3-6H2;3H,1H2,2H3. The molecule has 0 saturated carbocycles. The molecule has 0 amide bonds. The summed E-state index contributed by atoms with van der Waals surface area (Å²) >= 11 is 0. The number of esters is 2. The van der Waals surface area contributed by atoms with E-state index >= 15 is 0 Å². The Balaban J connectivity index is 0. The lowest BCUT2D eigenvalue weighted by atomic mass is 9.93. The zero-order valence-corrected chi connectivity index (χ0v) is 10.9. The third-order valence-corrected chi connectivity index (χ3v) is 2.06. The Labute approximate surface area is 111 Å². The number of hydrogen-bond donors (Lipinski definition) is 3. The minimum Gasteiger partial charge on any atom is -0.466 e. The van der Waals surface area contributed by atoms with Gasteiger partial charge in [-0.3, -0.25) is 0 Å². The lowest BCUT2D eigenvalue weighted by Crippen LogP contribution is -2.39. The monoisotopic (exact) mass is 276 g/mol. The van der Waals surface area contributed by atoms with E-state index in [-0.39, 0.29) is 6.61 Å². The van der Waals surface area contributed by atoms with E-state index in [1.165, 1.54) is 7.11 Å². The molecular weight excluding hydrogens is 256 g/mol. The lowest BCUT2D eigenvalue weighted by molar-refractivity contribution is -0.145. The van der Waals surface area contributed by atoms with Gasteiger partial charge in [0.15, 0.2) is 0 Å². The van der Waals surface area contributed by atoms with Crippen LogP contribution in [0.15, 0.2) is 25.3 Å². The Kier molecular flexibility index (Phi) is 11.8. The topological polar surface area (TPSA) is 113 Å². The van der Waals surface area contributed by atoms with E-state index in [4.69, 9.17) is 15.3 Å². The van der Waals surface area contributed by atoms with Crippen LogP contribution in [-0.2, 0) is 19.1 Å². The van der Waals surface area contributed by atoms with Gasteiger partial charge in [0.1, 0.15) is 6.61 Å². The Morgan fingerprint density at radius 3 is 1.68 bits per heavy atom. The van der Waals surface area contributed by atoms with Gasteiger partial charge in [0.2, 0.25) is 0 Å². The fourth-order valence-electron chi connectivity index (χ4n) is 0.653. The second kappa shape index (κ2) is 11.4. The Morgan fingerprint density at radius 1 is 1.05 bits per heavy atom. The van der Waals surface area contributed by atoms with Crippen molar-refractivity contribution in [1.29, 1.82) is 0 Å². The fourth-order valence-corrected chi connectivity index (χ4v) is 0.653. The predicted octanol–water partition coefficient (Wildman–Crippen LogP) is -0.976. The highest BCUT2D eigenvalue weighted by Gasteiger charge is 2.29. The second-order valence-electron chi connectivity index (χ2n) is 3.51. The summed E-state index contributed by atoms with van der Waals surface area (Å²) in [6.45, 7) is 4.74. The van der Waals surface area contributed by atoms with Gasteiger partial charge in [0.05, 0.1) is 32.3 Å². The van der Waals surface area contributed by atoms with Crippen molar-refractivity contribution in [2.24, 2.45) is 5.41 Å². The van der Waals surface area contributed by atoms with Crippen LogP contribution in [-0.4, -0.2) is 60.8 Å². The van der Waals surface area contributed by atoms with E-state index in [0.717, 1.165) is 12.2 Å². The van der Waals surface area contributed by atoms with E-state index < -0.39 is 37.2 Å². The summed E-state index contributed by atoms with van der Waals surface area (Å²) in [5.74, 6) is -1.05. The SMILES string of the molecule is C=CC(=O)OC.C=CC(=O)OCC(CO)(CO)CO. The highest BCUT2D eigenvalue weighted by atomic mass is 16.5. The van der Waals surface area contributed by atoms with E-state index in [9.17, 15) is 9.59 Å². The molecular formula is C12H20O7. The summed E-state index contributed by atoms with van der Waals surface area (Å²) in [6, 6.07) is 0. The van der Waals surface area contributed by atoms with Crippen LogP contribution >= 0.6 is 0 Å². The van der Waals surface area contributed by atoms with Gasteiger partial charge in [-0.25, -0.2) is 9.59 Å². The molecule has 0 heterocycles. The van der Waals surface area contributed by atoms with Gasteiger partial charge in [-0.15, -0.1) is 0 Å². The Bertz CT molecular complexity index is 286. The van der Waals surface area contributed by atoms with Gasteiger partial charge < -0.3 is 24.8 Å². The molecule has 0 aliphatic carbocycles. The summed E-state index contributed by atoms with van der Waals surface area (Å²) in [7, 11) is 1.31. The van der Waals surface area contributed by atoms with Crippen LogP contribution < -0.4 is 0 Å². The third kappa shape index (κ3) is 8.95. The molecule has 19 heavy (non-hydrogen) atoms. The normalized spacial score (nSPS) is 9.68. The van der Waals surface area contributed by atoms with Crippen LogP contribution in [0.2, 0.25) is 0 Å². The molecule has 0 bridgehead atoms. The highest BCUT2D eigenvalue weighted by molar-refractivity contribution is 5.81. The Morgan fingerprint density at radius 2 is 1.47 bits per heavy atom. The van der Waals surface area contributed by atoms with Crippen molar-refractivity contribution in [3.63, 3.8) is 0 Å². The van der Waals surface area contributed by atoms with E-state index in [1.807, 2.05) is 0 Å². The molecule has 0 aromatic heterocycles. The van der Waals surface area contributed by atoms with Crippen molar-refractivity contribution in [2.75, 3.05) is 33.5 Å². The molecule has 0 spiro atoms. The average Bonchev–Trinajstić information content (AvgIpc) is 2.48. The van der Waals surface area contributed by atoms with Crippen molar-refractivity contribution >= 4 is 11.9 Å². The van der Waals surface area contributed by atoms with Gasteiger partial charge in [-0.05, 0) is 0 Å². The first kappa shape index (κ1) is 19.6. The van der Waals surface area contributed by atoms with Crippen molar-refractivity contribution < 1.29 is 34.4 Å². The minimum absolute atomic E-state index is 0.235. The number of ether oxygens (including phenoxy) is 2. The number of aliphatic hydroxyl groups is 3. The third-order valence-electron chi connectivity index (χ3n) is 2.06. The van der Waals surface area contributed by atoms with E-state index in [0.29, 0.717) is 0 Å². The highest BCUT2D eigenvalue weighted by Crippen LogP contribution is 2.14. The smallest absolute Gasteiger partial charge is 0.330 e. The molecule has 7 heteroatoms. The number of hydrogen-bond acceptors (Lipinski definition) is 7. The van der Waals surface area contributed by atoms with Crippen molar-refractivity contribution in [1.82, 2.24) is 0 Å². The number of methoxy groups -OCH3 is 1. The fraction of sp³-hybridized carbons (Fsp3) is 0.500. The molecule has 0 radical (unpaired) electrons. The largest absolute Gasteiger partial charge is 0.466 e. The zero-order valence-electron chi connectivity index (χ0n) is 10.9. The van der Waals surface area contributed by atoms with Crippen LogP contribution in [0.4, 0.5) is 0 Å². The van der Waals surface area contributed by atoms with Gasteiger partial charge in [0, 0.05) is 12.2 Å². The molecule has 0 fully saturated rings. The predicted molar refractivity (Wildman–Crippen MR) is 67.1 cm³/mol. The van der Waals surface area contributed by atoms with Crippen LogP contribution in [0.25, 0.3) is 0 Å². The van der Waals surface area contributed by atoms with Crippen LogP contribution in [0.3, 0.4) is 0 Å². The summed E-state index contributed by atoms with van der Waals surface area (Å²) in [6.07, 6.45) is 2.08. The van der Waals surface area contributed by atoms with Crippen LogP contribution in [0.1, 0.15) is 0 Å². The van der Waals surface area contributed by atoms with Crippen LogP contribution in [0, 0.1) is 5.41 Å². The van der Waals surface area contributed by atoms with Gasteiger partial charge in [-0.2, -0.15) is 0 Å². The average molecular weight is 276 g/mol. The summed E-state index contributed by atoms with van der Waals surface area (Å²) < 4.78 is 8.73. The lowest BCUT2D eigenvalue weighted by Gasteiger charge is -2.26. The van der Waals surface area contributed by atoms with E-state index in [2.05, 4.69) is 22.6 Å². The molecule has 0 aliphatic heterocycles. The maximum Gasteiger partial charge on any atom is 0.330 e. The maximum atomic E-state index is 10.6. The number of rotatable bonds is 7. The molecule has 3 N–H and O–H groups in total. The van der Waals surface area contributed by atoms with Gasteiger partial charge >= 0.3 is 11.9 Å². The summed E-state index contributed by atoms with van der Waals surface area (Å²) in [5.41, 5.74) is -1.17. The molecule has 0 aliphatic rings. The number of aliphatic hydroxyl groups excluding tert-OH is 3. The molecule has 0 aromatic rings. The first-order chi connectivity index (χ1) is 8.94. The second-order valence-corrected chi connectivity index (χ2v) is 3.51. The van der Waals surface area contributed by atoms with Crippen LogP contribution in [0.5, 0.6) is 0 Å². The minimum atomic E-state index is -1.17. The zero-order chi connectivity index (χ0) is 15.3. The van der Waals surface area contributed by atoms with Gasteiger partial charge in [-0.1, -0.05) is 13.2 Å². The van der Waals surface area contributed by atoms with E-state index in [1.54, 1.807) is 0 Å². The molecule has 0 rings (SSSR count). The number of carbonyl (C=O) groups excluding carboxylic acids is 2. The molecule has 110 valence electrons. The number of carbonyl (C=O) groups is 2.